The molecule has 0 bridgehead atoms. The number of carbonyl (C=O) groups is 2. The van der Waals surface area contributed by atoms with Gasteiger partial charge in [-0.3, -0.25) is 14.3 Å². The minimum atomic E-state index is -0.0200. The molecule has 1 fully saturated rings. The third-order valence-electron chi connectivity index (χ3n) is 3.55. The number of fused-ring (bicyclic) bond motifs is 1. The summed E-state index contributed by atoms with van der Waals surface area (Å²) in [6.07, 6.45) is 2.82. The molecule has 18 heavy (non-hydrogen) atoms. The second kappa shape index (κ2) is 3.98. The monoisotopic (exact) mass is 242 g/mol. The average Bonchev–Trinajstić information content (AvgIpc) is 2.66. The zero-order chi connectivity index (χ0) is 12.7. The number of benzene rings is 1. The van der Waals surface area contributed by atoms with Gasteiger partial charge in [0.05, 0.1) is 11.9 Å². The van der Waals surface area contributed by atoms with Crippen molar-refractivity contribution in [1.82, 2.24) is 4.68 Å². The van der Waals surface area contributed by atoms with Crippen molar-refractivity contribution in [3.8, 4) is 0 Å². The summed E-state index contributed by atoms with van der Waals surface area (Å²) in [5.74, 6) is 5.94. The lowest BCUT2D eigenvalue weighted by atomic mass is 9.82. The molecule has 0 radical (unpaired) electrons. The smallest absolute Gasteiger partial charge is 0.140 e. The summed E-state index contributed by atoms with van der Waals surface area (Å²) in [5.41, 5.74) is 1.94. The zero-order valence-corrected chi connectivity index (χ0v) is 9.93. The van der Waals surface area contributed by atoms with Crippen molar-refractivity contribution >= 4 is 22.5 Å². The van der Waals surface area contributed by atoms with Crippen molar-refractivity contribution in [1.29, 1.82) is 0 Å². The molecule has 92 valence electrons. The minimum absolute atomic E-state index is 0.0200. The average molecular weight is 242 g/mol. The van der Waals surface area contributed by atoms with Crippen LogP contribution in [0.5, 0.6) is 0 Å². The molecule has 0 atom stereocenters. The Morgan fingerprint density at radius 3 is 2.50 bits per heavy atom. The summed E-state index contributed by atoms with van der Waals surface area (Å²) in [5, 5.41) is 1.03. The molecule has 1 aliphatic carbocycles. The summed E-state index contributed by atoms with van der Waals surface area (Å²) in [7, 11) is 0. The van der Waals surface area contributed by atoms with Crippen molar-refractivity contribution in [2.45, 2.75) is 25.2 Å². The van der Waals surface area contributed by atoms with E-state index >= 15 is 0 Å². The second-order valence-corrected chi connectivity index (χ2v) is 4.87. The fraction of sp³-hybridized carbons (Fsp3) is 0.286. The molecule has 4 nitrogen and oxygen atoms in total. The van der Waals surface area contributed by atoms with E-state index < -0.39 is 0 Å². The molecule has 0 saturated heterocycles. The first-order valence-corrected chi connectivity index (χ1v) is 6.03. The molecule has 2 aromatic rings. The Balaban J connectivity index is 2.09. The van der Waals surface area contributed by atoms with Crippen LogP contribution in [0, 0.1) is 0 Å². The summed E-state index contributed by atoms with van der Waals surface area (Å²) in [6.45, 7) is 0. The van der Waals surface area contributed by atoms with Gasteiger partial charge in [0.1, 0.15) is 11.6 Å². The third kappa shape index (κ3) is 1.70. The second-order valence-electron chi connectivity index (χ2n) is 4.87. The fourth-order valence-electron chi connectivity index (χ4n) is 2.76. The number of ketones is 2. The summed E-state index contributed by atoms with van der Waals surface area (Å²) in [6, 6.07) is 7.79. The van der Waals surface area contributed by atoms with Gasteiger partial charge in [-0.25, -0.2) is 0 Å². The molecule has 0 unspecified atom stereocenters. The maximum atomic E-state index is 11.5. The number of hydrogen-bond acceptors (Lipinski definition) is 3. The Morgan fingerprint density at radius 1 is 1.11 bits per heavy atom. The van der Waals surface area contributed by atoms with Crippen LogP contribution in [0.25, 0.3) is 10.9 Å². The molecule has 1 aromatic carbocycles. The summed E-state index contributed by atoms with van der Waals surface area (Å²) < 4.78 is 1.56. The minimum Gasteiger partial charge on any atom is -0.339 e. The van der Waals surface area contributed by atoms with E-state index in [0.717, 1.165) is 16.5 Å². The molecule has 0 amide bonds. The largest absolute Gasteiger partial charge is 0.339 e. The Kier molecular flexibility index (Phi) is 2.44. The van der Waals surface area contributed by atoms with Gasteiger partial charge in [0, 0.05) is 24.4 Å². The molecule has 0 spiro atoms. The van der Waals surface area contributed by atoms with E-state index in [2.05, 4.69) is 0 Å². The van der Waals surface area contributed by atoms with E-state index in [4.69, 9.17) is 5.84 Å². The molecule has 4 heteroatoms. The number of para-hydroxylation sites is 1. The topological polar surface area (TPSA) is 65.1 Å². The lowest BCUT2D eigenvalue weighted by molar-refractivity contribution is -0.130. The molecule has 3 rings (SSSR count). The number of hydrogen-bond donors (Lipinski definition) is 1. The van der Waals surface area contributed by atoms with Crippen molar-refractivity contribution in [3.63, 3.8) is 0 Å². The highest BCUT2D eigenvalue weighted by atomic mass is 16.1. The lowest BCUT2D eigenvalue weighted by Crippen LogP contribution is -2.21. The van der Waals surface area contributed by atoms with E-state index in [1.165, 1.54) is 0 Å². The lowest BCUT2D eigenvalue weighted by Gasteiger charge is -2.19. The molecule has 1 saturated carbocycles. The van der Waals surface area contributed by atoms with Crippen LogP contribution in [0.3, 0.4) is 0 Å². The predicted molar refractivity (Wildman–Crippen MR) is 68.7 cm³/mol. The summed E-state index contributed by atoms with van der Waals surface area (Å²) in [4.78, 5) is 23.1. The van der Waals surface area contributed by atoms with Crippen LogP contribution in [-0.4, -0.2) is 16.2 Å². The van der Waals surface area contributed by atoms with E-state index in [-0.39, 0.29) is 23.9 Å². The van der Waals surface area contributed by atoms with Gasteiger partial charge < -0.3 is 5.84 Å². The Hall–Kier alpha value is -2.10. The number of nitrogen functional groups attached to an aromatic ring is 1. The number of nitrogens with zero attached hydrogens (tertiary/aromatic N) is 1. The van der Waals surface area contributed by atoms with E-state index in [1.807, 2.05) is 30.5 Å². The van der Waals surface area contributed by atoms with Crippen molar-refractivity contribution in [2.75, 3.05) is 5.84 Å². The number of nitrogens with two attached hydrogens (primary N) is 1. The van der Waals surface area contributed by atoms with Crippen LogP contribution < -0.4 is 5.84 Å². The standard InChI is InChI=1S/C14H14N2O2/c15-16-8-13(12-3-1-2-4-14(12)16)9-5-10(17)7-11(18)6-9/h1-4,8-9H,5-7,15H2. The molecular formula is C14H14N2O2. The third-order valence-corrected chi connectivity index (χ3v) is 3.55. The molecule has 1 aromatic heterocycles. The first-order chi connectivity index (χ1) is 8.65. The highest BCUT2D eigenvalue weighted by molar-refractivity contribution is 6.02. The Morgan fingerprint density at radius 2 is 1.78 bits per heavy atom. The molecule has 0 aliphatic heterocycles. The number of carbonyl (C=O) groups excluding carboxylic acids is 2. The predicted octanol–water partition coefficient (Wildman–Crippen LogP) is 1.76. The van der Waals surface area contributed by atoms with Gasteiger partial charge in [-0.1, -0.05) is 18.2 Å². The van der Waals surface area contributed by atoms with Crippen LogP contribution in [0.15, 0.2) is 30.5 Å². The zero-order valence-electron chi connectivity index (χ0n) is 9.93. The van der Waals surface area contributed by atoms with E-state index in [1.54, 1.807) is 4.68 Å². The number of aromatic nitrogens is 1. The molecular weight excluding hydrogens is 228 g/mol. The van der Waals surface area contributed by atoms with E-state index in [9.17, 15) is 9.59 Å². The number of Topliss-reactive ketones (excluding diaryl/α,β-unsaturated/α-hetero) is 2. The van der Waals surface area contributed by atoms with Gasteiger partial charge in [0.25, 0.3) is 0 Å². The van der Waals surface area contributed by atoms with E-state index in [0.29, 0.717) is 12.8 Å². The highest BCUT2D eigenvalue weighted by Gasteiger charge is 2.28. The van der Waals surface area contributed by atoms with Gasteiger partial charge in [0.15, 0.2) is 0 Å². The molecule has 2 N–H and O–H groups in total. The van der Waals surface area contributed by atoms with Crippen molar-refractivity contribution in [2.24, 2.45) is 0 Å². The maximum absolute atomic E-state index is 11.5. The molecule has 1 heterocycles. The summed E-state index contributed by atoms with van der Waals surface area (Å²) >= 11 is 0. The Bertz CT molecular complexity index is 626. The quantitative estimate of drug-likeness (QED) is 0.612. The van der Waals surface area contributed by atoms with Gasteiger partial charge in [0.2, 0.25) is 0 Å². The van der Waals surface area contributed by atoms with Gasteiger partial charge in [-0.05, 0) is 17.5 Å². The fourth-order valence-corrected chi connectivity index (χ4v) is 2.76. The van der Waals surface area contributed by atoms with Gasteiger partial charge >= 0.3 is 0 Å². The van der Waals surface area contributed by atoms with Crippen LogP contribution in [0.1, 0.15) is 30.7 Å². The number of rotatable bonds is 1. The SMILES string of the molecule is Nn1cc(C2CC(=O)CC(=O)C2)c2ccccc21. The highest BCUT2D eigenvalue weighted by Crippen LogP contribution is 2.34. The first-order valence-electron chi connectivity index (χ1n) is 6.03. The van der Waals surface area contributed by atoms with Gasteiger partial charge in [-0.2, -0.15) is 0 Å². The van der Waals surface area contributed by atoms with Crippen LogP contribution in [0.2, 0.25) is 0 Å². The van der Waals surface area contributed by atoms with Gasteiger partial charge in [-0.15, -0.1) is 0 Å². The normalized spacial score (nSPS) is 17.6. The van der Waals surface area contributed by atoms with Crippen molar-refractivity contribution < 1.29 is 9.59 Å². The molecule has 1 aliphatic rings. The van der Waals surface area contributed by atoms with Crippen LogP contribution in [0.4, 0.5) is 0 Å². The first kappa shape index (κ1) is 11.0. The van der Waals surface area contributed by atoms with Crippen LogP contribution >= 0.6 is 0 Å². The Labute approximate surface area is 104 Å². The van der Waals surface area contributed by atoms with Crippen LogP contribution in [-0.2, 0) is 9.59 Å². The maximum Gasteiger partial charge on any atom is 0.140 e. The van der Waals surface area contributed by atoms with Crippen molar-refractivity contribution in [3.05, 3.63) is 36.0 Å².